The Kier molecular flexibility index (Phi) is 3.30. The summed E-state index contributed by atoms with van der Waals surface area (Å²) in [4.78, 5) is 24.2. The number of benzene rings is 1. The van der Waals surface area contributed by atoms with E-state index in [-0.39, 0.29) is 18.9 Å². The number of anilines is 2. The molecule has 0 saturated carbocycles. The van der Waals surface area contributed by atoms with Gasteiger partial charge in [-0.2, -0.15) is 0 Å². The zero-order valence-corrected chi connectivity index (χ0v) is 11.4. The zero-order chi connectivity index (χ0) is 13.4. The van der Waals surface area contributed by atoms with Crippen molar-refractivity contribution >= 4 is 39.2 Å². The number of nitrogens with two attached hydrogens (primary N) is 1. The average Bonchev–Trinajstić information content (AvgIpc) is 2.66. The van der Waals surface area contributed by atoms with Crippen LogP contribution in [0.15, 0.2) is 16.6 Å². The second kappa shape index (κ2) is 4.61. The van der Waals surface area contributed by atoms with Crippen molar-refractivity contribution in [2.75, 3.05) is 17.2 Å². The first-order valence-electron chi connectivity index (χ1n) is 5.49. The molecule has 0 aliphatic carbocycles. The number of nitrogens with zero attached hydrogens (tertiary/aromatic N) is 1. The highest BCUT2D eigenvalue weighted by atomic mass is 79.9. The van der Waals surface area contributed by atoms with E-state index in [2.05, 4.69) is 15.9 Å². The molecule has 1 aromatic carbocycles. The van der Waals surface area contributed by atoms with Crippen LogP contribution in [0.3, 0.4) is 0 Å². The van der Waals surface area contributed by atoms with Crippen molar-refractivity contribution in [3.8, 4) is 0 Å². The first kappa shape index (κ1) is 12.9. The molecular formula is C12H13BrN2O3. The number of aliphatic carboxylic acids is 1. The lowest BCUT2D eigenvalue weighted by Gasteiger charge is -2.20. The summed E-state index contributed by atoms with van der Waals surface area (Å²) in [6.45, 7) is 2.02. The van der Waals surface area contributed by atoms with Crippen molar-refractivity contribution in [1.29, 1.82) is 0 Å². The molecular weight excluding hydrogens is 300 g/mol. The van der Waals surface area contributed by atoms with Crippen molar-refractivity contribution in [3.05, 3.63) is 22.2 Å². The topological polar surface area (TPSA) is 83.6 Å². The summed E-state index contributed by atoms with van der Waals surface area (Å²) in [6.07, 6.45) is 0.0281. The third-order valence-corrected chi connectivity index (χ3v) is 3.55. The number of rotatable bonds is 2. The van der Waals surface area contributed by atoms with Gasteiger partial charge >= 0.3 is 5.97 Å². The molecule has 1 fully saturated rings. The lowest BCUT2D eigenvalue weighted by molar-refractivity contribution is -0.141. The highest BCUT2D eigenvalue weighted by Gasteiger charge is 2.36. The Hall–Kier alpha value is -1.56. The zero-order valence-electron chi connectivity index (χ0n) is 9.81. The number of carbonyl (C=O) groups is 2. The number of carbonyl (C=O) groups excluding carboxylic acids is 1. The van der Waals surface area contributed by atoms with E-state index in [0.717, 1.165) is 10.0 Å². The van der Waals surface area contributed by atoms with Crippen LogP contribution in [0.1, 0.15) is 12.0 Å². The van der Waals surface area contributed by atoms with Gasteiger partial charge in [-0.05, 0) is 24.6 Å². The van der Waals surface area contributed by atoms with E-state index in [9.17, 15) is 9.59 Å². The minimum atomic E-state index is -0.948. The molecule has 5 nitrogen and oxygen atoms in total. The van der Waals surface area contributed by atoms with Crippen LogP contribution in [0.2, 0.25) is 0 Å². The Balaban J connectivity index is 2.38. The maximum absolute atomic E-state index is 11.9. The molecule has 1 amide bonds. The van der Waals surface area contributed by atoms with Crippen molar-refractivity contribution in [2.45, 2.75) is 13.3 Å². The Morgan fingerprint density at radius 3 is 2.78 bits per heavy atom. The monoisotopic (exact) mass is 312 g/mol. The lowest BCUT2D eigenvalue weighted by Crippen LogP contribution is -2.26. The Bertz CT molecular complexity index is 530. The molecule has 6 heteroatoms. The number of carboxylic acids is 1. The van der Waals surface area contributed by atoms with Crippen LogP contribution in [0, 0.1) is 12.8 Å². The van der Waals surface area contributed by atoms with Crippen LogP contribution in [-0.4, -0.2) is 23.5 Å². The van der Waals surface area contributed by atoms with Gasteiger partial charge in [0, 0.05) is 17.4 Å². The van der Waals surface area contributed by atoms with Crippen LogP contribution < -0.4 is 10.6 Å². The Morgan fingerprint density at radius 1 is 1.56 bits per heavy atom. The van der Waals surface area contributed by atoms with Gasteiger partial charge in [0.15, 0.2) is 0 Å². The van der Waals surface area contributed by atoms with Gasteiger partial charge in [-0.15, -0.1) is 0 Å². The molecule has 0 spiro atoms. The molecule has 3 N–H and O–H groups in total. The predicted octanol–water partition coefficient (Wildman–Crippen LogP) is 1.78. The fourth-order valence-corrected chi connectivity index (χ4v) is 2.63. The van der Waals surface area contributed by atoms with Gasteiger partial charge in [-0.3, -0.25) is 9.59 Å². The van der Waals surface area contributed by atoms with Gasteiger partial charge in [0.05, 0.1) is 17.3 Å². The Labute approximate surface area is 113 Å². The largest absolute Gasteiger partial charge is 0.481 e. The summed E-state index contributed by atoms with van der Waals surface area (Å²) < 4.78 is 0.816. The van der Waals surface area contributed by atoms with E-state index in [1.165, 1.54) is 4.90 Å². The number of nitrogen functional groups attached to an aromatic ring is 1. The number of hydrogen-bond acceptors (Lipinski definition) is 3. The summed E-state index contributed by atoms with van der Waals surface area (Å²) in [5, 5.41) is 8.95. The van der Waals surface area contributed by atoms with Gasteiger partial charge in [0.25, 0.3) is 0 Å². The third-order valence-electron chi connectivity index (χ3n) is 3.09. The lowest BCUT2D eigenvalue weighted by atomic mass is 10.1. The maximum Gasteiger partial charge on any atom is 0.308 e. The van der Waals surface area contributed by atoms with Crippen LogP contribution in [-0.2, 0) is 9.59 Å². The van der Waals surface area contributed by atoms with Crippen LogP contribution in [0.25, 0.3) is 0 Å². The highest BCUT2D eigenvalue weighted by Crippen LogP contribution is 2.34. The van der Waals surface area contributed by atoms with Crippen LogP contribution >= 0.6 is 15.9 Å². The van der Waals surface area contributed by atoms with E-state index in [1.807, 2.05) is 13.0 Å². The first-order chi connectivity index (χ1) is 8.40. The molecule has 1 aromatic rings. The minimum absolute atomic E-state index is 0.0281. The van der Waals surface area contributed by atoms with E-state index in [4.69, 9.17) is 10.8 Å². The first-order valence-corrected chi connectivity index (χ1v) is 6.28. The minimum Gasteiger partial charge on any atom is -0.481 e. The fraction of sp³-hybridized carbons (Fsp3) is 0.333. The van der Waals surface area contributed by atoms with Gasteiger partial charge in [-0.1, -0.05) is 15.9 Å². The second-order valence-electron chi connectivity index (χ2n) is 4.40. The normalized spacial score (nSPS) is 19.3. The molecule has 1 aliphatic heterocycles. The molecule has 1 aliphatic rings. The Morgan fingerprint density at radius 2 is 2.22 bits per heavy atom. The van der Waals surface area contributed by atoms with Gasteiger partial charge in [0.2, 0.25) is 5.91 Å². The summed E-state index contributed by atoms with van der Waals surface area (Å²) in [5.74, 6) is -1.81. The van der Waals surface area contributed by atoms with E-state index in [1.54, 1.807) is 6.07 Å². The molecule has 1 saturated heterocycles. The highest BCUT2D eigenvalue weighted by molar-refractivity contribution is 9.10. The number of carboxylic acid groups (broad SMARTS) is 1. The SMILES string of the molecule is Cc1cc(Br)cc(N2CC(C(=O)O)CC2=O)c1N. The molecule has 1 heterocycles. The summed E-state index contributed by atoms with van der Waals surface area (Å²) >= 11 is 3.35. The van der Waals surface area contributed by atoms with Crippen molar-refractivity contribution in [1.82, 2.24) is 0 Å². The molecule has 1 unspecified atom stereocenters. The molecule has 0 bridgehead atoms. The standard InChI is InChI=1S/C12H13BrN2O3/c1-6-2-8(13)4-9(11(6)14)15-5-7(12(17)18)3-10(15)16/h2,4,7H,3,5,14H2,1H3,(H,17,18). The van der Waals surface area contributed by atoms with Crippen LogP contribution in [0.4, 0.5) is 11.4 Å². The third kappa shape index (κ3) is 2.20. The number of hydrogen-bond donors (Lipinski definition) is 2. The van der Waals surface area contributed by atoms with Gasteiger partial charge in [-0.25, -0.2) is 0 Å². The molecule has 2 rings (SSSR count). The quantitative estimate of drug-likeness (QED) is 0.815. The van der Waals surface area contributed by atoms with E-state index in [0.29, 0.717) is 11.4 Å². The fourth-order valence-electron chi connectivity index (χ4n) is 2.07. The van der Waals surface area contributed by atoms with Gasteiger partial charge < -0.3 is 15.7 Å². The predicted molar refractivity (Wildman–Crippen MR) is 71.4 cm³/mol. The van der Waals surface area contributed by atoms with E-state index < -0.39 is 11.9 Å². The smallest absolute Gasteiger partial charge is 0.308 e. The van der Waals surface area contributed by atoms with Crippen molar-refractivity contribution < 1.29 is 14.7 Å². The molecule has 0 radical (unpaired) electrons. The van der Waals surface area contributed by atoms with Crippen LogP contribution in [0.5, 0.6) is 0 Å². The van der Waals surface area contributed by atoms with Crippen molar-refractivity contribution in [3.63, 3.8) is 0 Å². The summed E-state index contributed by atoms with van der Waals surface area (Å²) in [7, 11) is 0. The van der Waals surface area contributed by atoms with E-state index >= 15 is 0 Å². The molecule has 96 valence electrons. The summed E-state index contributed by atoms with van der Waals surface area (Å²) in [5.41, 5.74) is 7.90. The number of aryl methyl sites for hydroxylation is 1. The molecule has 1 atom stereocenters. The molecule has 18 heavy (non-hydrogen) atoms. The number of amides is 1. The maximum atomic E-state index is 11.9. The van der Waals surface area contributed by atoms with Gasteiger partial charge in [0.1, 0.15) is 0 Å². The second-order valence-corrected chi connectivity index (χ2v) is 5.31. The molecule has 0 aromatic heterocycles. The average molecular weight is 313 g/mol. The number of halogens is 1. The summed E-state index contributed by atoms with van der Waals surface area (Å²) in [6, 6.07) is 3.60. The van der Waals surface area contributed by atoms with Crippen molar-refractivity contribution in [2.24, 2.45) is 5.92 Å².